The quantitative estimate of drug-likeness (QED) is 0.841. The van der Waals surface area contributed by atoms with Gasteiger partial charge in [-0.1, -0.05) is 6.07 Å². The SMILES string of the molecule is Cc1ccc(NC(=O)C(=O)NCc2ccco2)cc1C. The van der Waals surface area contributed by atoms with Gasteiger partial charge in [-0.3, -0.25) is 9.59 Å². The third-order valence-corrected chi connectivity index (χ3v) is 2.97. The van der Waals surface area contributed by atoms with E-state index in [1.807, 2.05) is 26.0 Å². The van der Waals surface area contributed by atoms with E-state index in [9.17, 15) is 9.59 Å². The molecule has 0 aliphatic carbocycles. The minimum absolute atomic E-state index is 0.187. The van der Waals surface area contributed by atoms with Crippen molar-refractivity contribution >= 4 is 17.5 Å². The second kappa shape index (κ2) is 6.06. The molecule has 0 unspecified atom stereocenters. The Hall–Kier alpha value is -2.56. The van der Waals surface area contributed by atoms with Gasteiger partial charge in [-0.05, 0) is 49.2 Å². The fraction of sp³-hybridized carbons (Fsp3) is 0.200. The smallest absolute Gasteiger partial charge is 0.313 e. The average molecular weight is 272 g/mol. The molecule has 1 aromatic heterocycles. The van der Waals surface area contributed by atoms with Crippen LogP contribution in [0.2, 0.25) is 0 Å². The molecule has 0 aliphatic rings. The molecule has 20 heavy (non-hydrogen) atoms. The zero-order valence-electron chi connectivity index (χ0n) is 11.4. The number of carbonyl (C=O) groups excluding carboxylic acids is 2. The van der Waals surface area contributed by atoms with E-state index in [0.717, 1.165) is 11.1 Å². The summed E-state index contributed by atoms with van der Waals surface area (Å²) in [6.45, 7) is 4.12. The average Bonchev–Trinajstić information content (AvgIpc) is 2.93. The number of amides is 2. The Kier molecular flexibility index (Phi) is 4.20. The molecule has 5 nitrogen and oxygen atoms in total. The lowest BCUT2D eigenvalue weighted by Crippen LogP contribution is -2.34. The Morgan fingerprint density at radius 2 is 1.90 bits per heavy atom. The number of benzene rings is 1. The summed E-state index contributed by atoms with van der Waals surface area (Å²) in [5.41, 5.74) is 2.79. The molecule has 0 radical (unpaired) electrons. The zero-order valence-corrected chi connectivity index (χ0v) is 11.4. The van der Waals surface area contributed by atoms with E-state index in [1.165, 1.54) is 6.26 Å². The molecule has 0 saturated heterocycles. The van der Waals surface area contributed by atoms with Crippen molar-refractivity contribution < 1.29 is 14.0 Å². The van der Waals surface area contributed by atoms with Crippen molar-refractivity contribution in [1.29, 1.82) is 0 Å². The fourth-order valence-corrected chi connectivity index (χ4v) is 1.67. The monoisotopic (exact) mass is 272 g/mol. The number of hydrogen-bond donors (Lipinski definition) is 2. The molecule has 2 aromatic rings. The third-order valence-electron chi connectivity index (χ3n) is 2.97. The molecular formula is C15H16N2O3. The van der Waals surface area contributed by atoms with Gasteiger partial charge in [0, 0.05) is 5.69 Å². The summed E-state index contributed by atoms with van der Waals surface area (Å²) in [6.07, 6.45) is 1.51. The second-order valence-corrected chi connectivity index (χ2v) is 4.52. The van der Waals surface area contributed by atoms with Gasteiger partial charge < -0.3 is 15.1 Å². The number of hydrogen-bond acceptors (Lipinski definition) is 3. The summed E-state index contributed by atoms with van der Waals surface area (Å²) in [7, 11) is 0. The van der Waals surface area contributed by atoms with Gasteiger partial charge in [0.15, 0.2) is 0 Å². The molecule has 2 rings (SSSR count). The van der Waals surface area contributed by atoms with Crippen LogP contribution in [-0.4, -0.2) is 11.8 Å². The van der Waals surface area contributed by atoms with Crippen molar-refractivity contribution in [3.63, 3.8) is 0 Å². The molecule has 0 spiro atoms. The largest absolute Gasteiger partial charge is 0.467 e. The van der Waals surface area contributed by atoms with Crippen molar-refractivity contribution in [2.45, 2.75) is 20.4 Å². The van der Waals surface area contributed by atoms with Crippen molar-refractivity contribution in [2.75, 3.05) is 5.32 Å². The van der Waals surface area contributed by atoms with Crippen molar-refractivity contribution in [3.05, 3.63) is 53.5 Å². The summed E-state index contributed by atoms with van der Waals surface area (Å²) in [4.78, 5) is 23.3. The topological polar surface area (TPSA) is 71.3 Å². The van der Waals surface area contributed by atoms with E-state index < -0.39 is 11.8 Å². The van der Waals surface area contributed by atoms with Crippen LogP contribution in [-0.2, 0) is 16.1 Å². The third kappa shape index (κ3) is 3.47. The fourth-order valence-electron chi connectivity index (χ4n) is 1.67. The van der Waals surface area contributed by atoms with Crippen LogP contribution in [0.15, 0.2) is 41.0 Å². The Morgan fingerprint density at radius 1 is 1.10 bits per heavy atom. The van der Waals surface area contributed by atoms with Gasteiger partial charge in [0.1, 0.15) is 5.76 Å². The number of anilines is 1. The van der Waals surface area contributed by atoms with Crippen LogP contribution in [0.5, 0.6) is 0 Å². The number of rotatable bonds is 3. The molecule has 0 fully saturated rings. The molecule has 104 valence electrons. The first-order valence-electron chi connectivity index (χ1n) is 6.25. The highest BCUT2D eigenvalue weighted by Gasteiger charge is 2.13. The summed E-state index contributed by atoms with van der Waals surface area (Å²) in [5, 5.41) is 5.04. The second-order valence-electron chi connectivity index (χ2n) is 4.52. The lowest BCUT2D eigenvalue weighted by molar-refractivity contribution is -0.136. The maximum absolute atomic E-state index is 11.7. The minimum atomic E-state index is -0.695. The Labute approximate surface area is 117 Å². The Bertz CT molecular complexity index is 618. The number of carbonyl (C=O) groups is 2. The van der Waals surface area contributed by atoms with Gasteiger partial charge >= 0.3 is 11.8 Å². The van der Waals surface area contributed by atoms with E-state index in [1.54, 1.807) is 18.2 Å². The molecular weight excluding hydrogens is 256 g/mol. The minimum Gasteiger partial charge on any atom is -0.467 e. The maximum Gasteiger partial charge on any atom is 0.313 e. The summed E-state index contributed by atoms with van der Waals surface area (Å²) >= 11 is 0. The van der Waals surface area contributed by atoms with Crippen LogP contribution < -0.4 is 10.6 Å². The van der Waals surface area contributed by atoms with Gasteiger partial charge in [0.05, 0.1) is 12.8 Å². The van der Waals surface area contributed by atoms with E-state index in [2.05, 4.69) is 10.6 Å². The lowest BCUT2D eigenvalue weighted by atomic mass is 10.1. The van der Waals surface area contributed by atoms with Crippen LogP contribution in [0.3, 0.4) is 0 Å². The number of aryl methyl sites for hydroxylation is 2. The van der Waals surface area contributed by atoms with Crippen LogP contribution >= 0.6 is 0 Å². The summed E-state index contributed by atoms with van der Waals surface area (Å²) < 4.78 is 5.06. The van der Waals surface area contributed by atoms with Crippen LogP contribution in [0.25, 0.3) is 0 Å². The van der Waals surface area contributed by atoms with E-state index in [0.29, 0.717) is 11.4 Å². The van der Waals surface area contributed by atoms with Crippen LogP contribution in [0.4, 0.5) is 5.69 Å². The summed E-state index contributed by atoms with van der Waals surface area (Å²) in [5.74, 6) is -0.795. The van der Waals surface area contributed by atoms with Gasteiger partial charge in [-0.2, -0.15) is 0 Å². The van der Waals surface area contributed by atoms with Gasteiger partial charge in [0.2, 0.25) is 0 Å². The van der Waals surface area contributed by atoms with E-state index in [4.69, 9.17) is 4.42 Å². The molecule has 0 bridgehead atoms. The molecule has 0 saturated carbocycles. The molecule has 1 aromatic carbocycles. The van der Waals surface area contributed by atoms with Crippen LogP contribution in [0, 0.1) is 13.8 Å². The van der Waals surface area contributed by atoms with Gasteiger partial charge in [0.25, 0.3) is 0 Å². The Balaban J connectivity index is 1.90. The van der Waals surface area contributed by atoms with E-state index >= 15 is 0 Å². The first-order chi connectivity index (χ1) is 9.56. The lowest BCUT2D eigenvalue weighted by Gasteiger charge is -2.07. The summed E-state index contributed by atoms with van der Waals surface area (Å²) in [6, 6.07) is 8.93. The van der Waals surface area contributed by atoms with Crippen molar-refractivity contribution in [1.82, 2.24) is 5.32 Å². The van der Waals surface area contributed by atoms with Gasteiger partial charge in [-0.15, -0.1) is 0 Å². The van der Waals surface area contributed by atoms with Crippen molar-refractivity contribution in [2.24, 2.45) is 0 Å². The molecule has 0 atom stereocenters. The number of furan rings is 1. The van der Waals surface area contributed by atoms with Crippen molar-refractivity contribution in [3.8, 4) is 0 Å². The Morgan fingerprint density at radius 3 is 2.55 bits per heavy atom. The van der Waals surface area contributed by atoms with Gasteiger partial charge in [-0.25, -0.2) is 0 Å². The predicted octanol–water partition coefficient (Wildman–Crippen LogP) is 2.15. The molecule has 2 amide bonds. The van der Waals surface area contributed by atoms with Crippen LogP contribution in [0.1, 0.15) is 16.9 Å². The highest BCUT2D eigenvalue weighted by Crippen LogP contribution is 2.13. The first-order valence-corrected chi connectivity index (χ1v) is 6.25. The normalized spacial score (nSPS) is 10.1. The highest BCUT2D eigenvalue weighted by molar-refractivity contribution is 6.39. The molecule has 0 aliphatic heterocycles. The molecule has 1 heterocycles. The predicted molar refractivity (Wildman–Crippen MR) is 75.1 cm³/mol. The standard InChI is InChI=1S/C15H16N2O3/c1-10-5-6-12(8-11(10)2)17-15(19)14(18)16-9-13-4-3-7-20-13/h3-8H,9H2,1-2H3,(H,16,18)(H,17,19). The first kappa shape index (κ1) is 13.9. The number of nitrogens with one attached hydrogen (secondary N) is 2. The van der Waals surface area contributed by atoms with E-state index in [-0.39, 0.29) is 6.54 Å². The molecule has 5 heteroatoms. The molecule has 2 N–H and O–H groups in total. The maximum atomic E-state index is 11.7. The highest BCUT2D eigenvalue weighted by atomic mass is 16.3. The zero-order chi connectivity index (χ0) is 14.5.